The van der Waals surface area contributed by atoms with Gasteiger partial charge in [-0.25, -0.2) is 0 Å². The van der Waals surface area contributed by atoms with E-state index in [0.29, 0.717) is 18.7 Å². The zero-order chi connectivity index (χ0) is 18.8. The van der Waals surface area contributed by atoms with Gasteiger partial charge in [-0.05, 0) is 49.9 Å². The van der Waals surface area contributed by atoms with Gasteiger partial charge in [-0.15, -0.1) is 0 Å². The Balaban J connectivity index is 1.59. The number of piperidine rings is 1. The van der Waals surface area contributed by atoms with E-state index in [0.717, 1.165) is 42.7 Å². The summed E-state index contributed by atoms with van der Waals surface area (Å²) in [5, 5.41) is 2.97. The van der Waals surface area contributed by atoms with Crippen molar-refractivity contribution < 1.29 is 9.59 Å². The van der Waals surface area contributed by atoms with Crippen LogP contribution in [0.1, 0.15) is 42.1 Å². The van der Waals surface area contributed by atoms with E-state index in [1.165, 1.54) is 0 Å². The Labute approximate surface area is 160 Å². The SMILES string of the molecule is CCN1C(=O)[C@H]2CCCCN2c2ccc(C(=O)NCc3ccccc3)cc21. The normalized spacial score (nSPS) is 18.7. The highest BCUT2D eigenvalue weighted by atomic mass is 16.2. The Bertz CT molecular complexity index is 850. The van der Waals surface area contributed by atoms with Gasteiger partial charge in [0.2, 0.25) is 5.91 Å². The van der Waals surface area contributed by atoms with E-state index in [-0.39, 0.29) is 17.9 Å². The van der Waals surface area contributed by atoms with Crippen molar-refractivity contribution in [2.45, 2.75) is 38.8 Å². The maximum atomic E-state index is 12.9. The number of fused-ring (bicyclic) bond motifs is 3. The van der Waals surface area contributed by atoms with Crippen LogP contribution in [0.2, 0.25) is 0 Å². The minimum atomic E-state index is -0.120. The van der Waals surface area contributed by atoms with Gasteiger partial charge in [0.05, 0.1) is 11.4 Å². The molecule has 1 fully saturated rings. The van der Waals surface area contributed by atoms with Gasteiger partial charge in [-0.3, -0.25) is 9.59 Å². The highest BCUT2D eigenvalue weighted by Crippen LogP contribution is 2.39. The Morgan fingerprint density at radius 2 is 1.93 bits per heavy atom. The van der Waals surface area contributed by atoms with Crippen LogP contribution < -0.4 is 15.1 Å². The van der Waals surface area contributed by atoms with E-state index in [2.05, 4.69) is 10.2 Å². The van der Waals surface area contributed by atoms with Crippen molar-refractivity contribution in [2.75, 3.05) is 22.9 Å². The molecule has 5 heteroatoms. The second kappa shape index (κ2) is 7.43. The zero-order valence-corrected chi connectivity index (χ0v) is 15.6. The molecule has 2 heterocycles. The van der Waals surface area contributed by atoms with Crippen molar-refractivity contribution in [1.29, 1.82) is 0 Å². The van der Waals surface area contributed by atoms with Crippen LogP contribution in [0.4, 0.5) is 11.4 Å². The fraction of sp³-hybridized carbons (Fsp3) is 0.364. The quantitative estimate of drug-likeness (QED) is 0.906. The van der Waals surface area contributed by atoms with Gasteiger partial charge < -0.3 is 15.1 Å². The second-order valence-electron chi connectivity index (χ2n) is 7.16. The van der Waals surface area contributed by atoms with Gasteiger partial charge in [0, 0.05) is 25.2 Å². The summed E-state index contributed by atoms with van der Waals surface area (Å²) in [6.07, 6.45) is 3.11. The summed E-state index contributed by atoms with van der Waals surface area (Å²) in [6, 6.07) is 15.5. The van der Waals surface area contributed by atoms with Crippen LogP contribution in [0.3, 0.4) is 0 Å². The summed E-state index contributed by atoms with van der Waals surface area (Å²) in [4.78, 5) is 29.6. The first kappa shape index (κ1) is 17.6. The summed E-state index contributed by atoms with van der Waals surface area (Å²) in [5.74, 6) is 0.0393. The largest absolute Gasteiger partial charge is 0.358 e. The molecule has 27 heavy (non-hydrogen) atoms. The van der Waals surface area contributed by atoms with E-state index < -0.39 is 0 Å². The molecule has 2 aliphatic rings. The summed E-state index contributed by atoms with van der Waals surface area (Å²) in [6.45, 7) is 4.00. The summed E-state index contributed by atoms with van der Waals surface area (Å²) < 4.78 is 0. The molecule has 0 unspecified atom stereocenters. The number of likely N-dealkylation sites (N-methyl/N-ethyl adjacent to an activating group) is 1. The number of amides is 2. The second-order valence-corrected chi connectivity index (χ2v) is 7.16. The van der Waals surface area contributed by atoms with E-state index in [1.807, 2.05) is 60.4 Å². The van der Waals surface area contributed by atoms with Crippen molar-refractivity contribution >= 4 is 23.2 Å². The molecule has 5 nitrogen and oxygen atoms in total. The monoisotopic (exact) mass is 363 g/mol. The number of nitrogens with zero attached hydrogens (tertiary/aromatic N) is 2. The molecule has 0 aromatic heterocycles. The van der Waals surface area contributed by atoms with Crippen molar-refractivity contribution in [3.63, 3.8) is 0 Å². The lowest BCUT2D eigenvalue weighted by molar-refractivity contribution is -0.120. The van der Waals surface area contributed by atoms with Crippen LogP contribution in [-0.4, -0.2) is 30.9 Å². The number of hydrogen-bond donors (Lipinski definition) is 1. The molecule has 2 aromatic rings. The Kier molecular flexibility index (Phi) is 4.84. The van der Waals surface area contributed by atoms with E-state index in [4.69, 9.17) is 0 Å². The smallest absolute Gasteiger partial charge is 0.251 e. The number of carbonyl (C=O) groups is 2. The average Bonchev–Trinajstić information content (AvgIpc) is 2.73. The Hall–Kier alpha value is -2.82. The number of nitrogens with one attached hydrogen (secondary N) is 1. The maximum absolute atomic E-state index is 12.9. The van der Waals surface area contributed by atoms with Crippen LogP contribution in [0.25, 0.3) is 0 Å². The molecule has 0 saturated carbocycles. The maximum Gasteiger partial charge on any atom is 0.251 e. The van der Waals surface area contributed by atoms with E-state index in [9.17, 15) is 9.59 Å². The number of anilines is 2. The number of rotatable bonds is 4. The van der Waals surface area contributed by atoms with Crippen LogP contribution >= 0.6 is 0 Å². The lowest BCUT2D eigenvalue weighted by Crippen LogP contribution is -2.55. The number of carbonyl (C=O) groups excluding carboxylic acids is 2. The standard InChI is InChI=1S/C22H25N3O2/c1-2-24-20-14-17(21(26)23-15-16-8-4-3-5-9-16)11-12-18(20)25-13-7-6-10-19(25)22(24)27/h3-5,8-9,11-12,14,19H,2,6-7,10,13,15H2,1H3,(H,23,26)/t19-/m1/s1. The van der Waals surface area contributed by atoms with Gasteiger partial charge in [-0.1, -0.05) is 30.3 Å². The predicted molar refractivity (Wildman–Crippen MR) is 107 cm³/mol. The third kappa shape index (κ3) is 3.29. The lowest BCUT2D eigenvalue weighted by atomic mass is 9.95. The van der Waals surface area contributed by atoms with Crippen LogP contribution in [-0.2, 0) is 11.3 Å². The minimum absolute atomic E-state index is 0.0519. The van der Waals surface area contributed by atoms with Crippen molar-refractivity contribution in [1.82, 2.24) is 5.32 Å². The Morgan fingerprint density at radius 1 is 1.11 bits per heavy atom. The average molecular weight is 363 g/mol. The Morgan fingerprint density at radius 3 is 2.70 bits per heavy atom. The molecule has 2 amide bonds. The molecule has 1 saturated heterocycles. The van der Waals surface area contributed by atoms with Crippen LogP contribution in [0.5, 0.6) is 0 Å². The van der Waals surface area contributed by atoms with Crippen LogP contribution in [0, 0.1) is 0 Å². The molecule has 2 aromatic carbocycles. The predicted octanol–water partition coefficient (Wildman–Crippen LogP) is 3.34. The number of hydrogen-bond acceptors (Lipinski definition) is 3. The summed E-state index contributed by atoms with van der Waals surface area (Å²) >= 11 is 0. The molecular weight excluding hydrogens is 338 g/mol. The zero-order valence-electron chi connectivity index (χ0n) is 15.6. The van der Waals surface area contributed by atoms with Gasteiger partial charge in [0.15, 0.2) is 0 Å². The first-order valence-electron chi connectivity index (χ1n) is 9.73. The van der Waals surface area contributed by atoms with Gasteiger partial charge in [-0.2, -0.15) is 0 Å². The fourth-order valence-corrected chi connectivity index (χ4v) is 4.11. The molecular formula is C22H25N3O2. The minimum Gasteiger partial charge on any atom is -0.358 e. The molecule has 0 bridgehead atoms. The lowest BCUT2D eigenvalue weighted by Gasteiger charge is -2.45. The topological polar surface area (TPSA) is 52.7 Å². The number of benzene rings is 2. The van der Waals surface area contributed by atoms with Crippen molar-refractivity contribution in [3.8, 4) is 0 Å². The third-order valence-corrected chi connectivity index (χ3v) is 5.50. The fourth-order valence-electron chi connectivity index (χ4n) is 4.11. The van der Waals surface area contributed by atoms with E-state index in [1.54, 1.807) is 0 Å². The molecule has 4 rings (SSSR count). The van der Waals surface area contributed by atoms with Crippen molar-refractivity contribution in [3.05, 3.63) is 59.7 Å². The van der Waals surface area contributed by atoms with Gasteiger partial charge in [0.25, 0.3) is 5.91 Å². The van der Waals surface area contributed by atoms with Crippen LogP contribution in [0.15, 0.2) is 48.5 Å². The molecule has 1 atom stereocenters. The van der Waals surface area contributed by atoms with Crippen molar-refractivity contribution in [2.24, 2.45) is 0 Å². The first-order chi connectivity index (χ1) is 13.2. The molecule has 0 aliphatic carbocycles. The summed E-state index contributed by atoms with van der Waals surface area (Å²) in [5.41, 5.74) is 3.57. The summed E-state index contributed by atoms with van der Waals surface area (Å²) in [7, 11) is 0. The first-order valence-corrected chi connectivity index (χ1v) is 9.73. The molecule has 0 radical (unpaired) electrons. The molecule has 0 spiro atoms. The van der Waals surface area contributed by atoms with E-state index >= 15 is 0 Å². The molecule has 1 N–H and O–H groups in total. The molecule has 140 valence electrons. The molecule has 2 aliphatic heterocycles. The highest BCUT2D eigenvalue weighted by Gasteiger charge is 2.38. The highest BCUT2D eigenvalue weighted by molar-refractivity contribution is 6.07. The van der Waals surface area contributed by atoms with Gasteiger partial charge >= 0.3 is 0 Å². The van der Waals surface area contributed by atoms with Gasteiger partial charge in [0.1, 0.15) is 6.04 Å². The third-order valence-electron chi connectivity index (χ3n) is 5.50.